The van der Waals surface area contributed by atoms with Crippen LogP contribution in [0.1, 0.15) is 28.1 Å². The van der Waals surface area contributed by atoms with E-state index in [0.29, 0.717) is 49.8 Å². The molecular weight excluding hydrogens is 420 g/mol. The smallest absolute Gasteiger partial charge is 0.289 e. The molecule has 0 spiro atoms. The lowest BCUT2D eigenvalue weighted by atomic mass is 9.99. The second kappa shape index (κ2) is 8.65. The molecule has 0 fully saturated rings. The minimum atomic E-state index is -0.166. The number of carbonyl (C=O) groups excluding carboxylic acids is 2. The molecule has 1 aromatic heterocycles. The molecule has 0 radical (unpaired) electrons. The summed E-state index contributed by atoms with van der Waals surface area (Å²) in [5.74, 6) is 1.67. The normalized spacial score (nSPS) is 15.3. The maximum Gasteiger partial charge on any atom is 0.289 e. The number of furan rings is 1. The lowest BCUT2D eigenvalue weighted by molar-refractivity contribution is -0.129. The van der Waals surface area contributed by atoms with Gasteiger partial charge >= 0.3 is 0 Å². The van der Waals surface area contributed by atoms with Crippen LogP contribution in [0.5, 0.6) is 11.5 Å². The Morgan fingerprint density at radius 1 is 1.00 bits per heavy atom. The first-order valence-corrected chi connectivity index (χ1v) is 11.1. The van der Waals surface area contributed by atoms with E-state index < -0.39 is 0 Å². The molecule has 7 nitrogen and oxygen atoms in total. The van der Waals surface area contributed by atoms with Crippen molar-refractivity contribution in [1.82, 2.24) is 9.80 Å². The largest absolute Gasteiger partial charge is 0.486 e. The van der Waals surface area contributed by atoms with Crippen molar-refractivity contribution in [2.75, 3.05) is 40.4 Å². The molecular formula is C26H26N2O5. The van der Waals surface area contributed by atoms with E-state index >= 15 is 0 Å². The van der Waals surface area contributed by atoms with Crippen LogP contribution in [0.2, 0.25) is 0 Å². The molecule has 2 aromatic carbocycles. The van der Waals surface area contributed by atoms with E-state index in [1.807, 2.05) is 41.3 Å². The van der Waals surface area contributed by atoms with Crippen LogP contribution in [0.15, 0.2) is 53.0 Å². The summed E-state index contributed by atoms with van der Waals surface area (Å²) in [6, 6.07) is 13.3. The van der Waals surface area contributed by atoms with Crippen LogP contribution in [0.4, 0.5) is 0 Å². The third-order valence-electron chi connectivity index (χ3n) is 5.97. The zero-order valence-corrected chi connectivity index (χ0v) is 18.8. The fraction of sp³-hybridized carbons (Fsp3) is 0.308. The van der Waals surface area contributed by atoms with Gasteiger partial charge < -0.3 is 23.7 Å². The Kier molecular flexibility index (Phi) is 5.54. The van der Waals surface area contributed by atoms with Gasteiger partial charge in [-0.2, -0.15) is 0 Å². The molecule has 3 aromatic rings. The molecule has 2 aliphatic rings. The zero-order chi connectivity index (χ0) is 22.9. The minimum absolute atomic E-state index is 0.0838. The Bertz CT molecular complexity index is 1260. The van der Waals surface area contributed by atoms with Crippen LogP contribution in [-0.4, -0.2) is 62.0 Å². The molecule has 0 N–H and O–H groups in total. The number of benzene rings is 2. The maximum atomic E-state index is 13.0. The summed E-state index contributed by atoms with van der Waals surface area (Å²) in [7, 11) is 3.40. The highest BCUT2D eigenvalue weighted by atomic mass is 16.6. The van der Waals surface area contributed by atoms with Crippen molar-refractivity contribution in [3.8, 4) is 11.5 Å². The van der Waals surface area contributed by atoms with E-state index in [1.165, 1.54) is 4.90 Å². The predicted octanol–water partition coefficient (Wildman–Crippen LogP) is 3.76. The molecule has 170 valence electrons. The summed E-state index contributed by atoms with van der Waals surface area (Å²) in [5.41, 5.74) is 3.72. The molecule has 0 aliphatic carbocycles. The van der Waals surface area contributed by atoms with Gasteiger partial charge in [-0.3, -0.25) is 9.59 Å². The Labute approximate surface area is 192 Å². The highest BCUT2D eigenvalue weighted by Gasteiger charge is 2.21. The summed E-state index contributed by atoms with van der Waals surface area (Å²) in [4.78, 5) is 28.6. The van der Waals surface area contributed by atoms with Crippen molar-refractivity contribution in [1.29, 1.82) is 0 Å². The van der Waals surface area contributed by atoms with E-state index in [0.717, 1.165) is 34.3 Å². The molecule has 5 rings (SSSR count). The predicted molar refractivity (Wildman–Crippen MR) is 125 cm³/mol. The Morgan fingerprint density at radius 2 is 1.82 bits per heavy atom. The van der Waals surface area contributed by atoms with E-state index in [-0.39, 0.29) is 11.8 Å². The van der Waals surface area contributed by atoms with Crippen LogP contribution in [0.3, 0.4) is 0 Å². The molecule has 3 heterocycles. The second-order valence-corrected chi connectivity index (χ2v) is 8.55. The fourth-order valence-corrected chi connectivity index (χ4v) is 4.22. The van der Waals surface area contributed by atoms with Gasteiger partial charge in [0.2, 0.25) is 5.91 Å². The Morgan fingerprint density at radius 3 is 2.64 bits per heavy atom. The SMILES string of the molecule is CN(C)C(=O)c1cc2cc(C3=CCCN(C(=O)Cc4ccc5c(c4)OCCO5)C3)ccc2o1. The lowest BCUT2D eigenvalue weighted by Gasteiger charge is -2.28. The number of carbonyl (C=O) groups is 2. The molecule has 0 unspecified atom stereocenters. The van der Waals surface area contributed by atoms with Gasteiger partial charge in [-0.1, -0.05) is 18.2 Å². The van der Waals surface area contributed by atoms with Crippen molar-refractivity contribution >= 4 is 28.4 Å². The quantitative estimate of drug-likeness (QED) is 0.610. The number of ether oxygens (including phenoxy) is 2. The van der Waals surface area contributed by atoms with E-state index in [4.69, 9.17) is 13.9 Å². The zero-order valence-electron chi connectivity index (χ0n) is 18.8. The first-order chi connectivity index (χ1) is 16.0. The number of amides is 2. The number of fused-ring (bicyclic) bond motifs is 2. The summed E-state index contributed by atoms with van der Waals surface area (Å²) in [5, 5.41) is 0.873. The second-order valence-electron chi connectivity index (χ2n) is 8.55. The van der Waals surface area contributed by atoms with Crippen LogP contribution >= 0.6 is 0 Å². The van der Waals surface area contributed by atoms with Gasteiger partial charge in [0.25, 0.3) is 5.91 Å². The van der Waals surface area contributed by atoms with Crippen LogP contribution in [0, 0.1) is 0 Å². The Hall–Kier alpha value is -3.74. The molecule has 0 saturated heterocycles. The van der Waals surface area contributed by atoms with Crippen molar-refractivity contribution < 1.29 is 23.5 Å². The molecule has 33 heavy (non-hydrogen) atoms. The molecule has 0 bridgehead atoms. The molecule has 0 atom stereocenters. The van der Waals surface area contributed by atoms with Crippen molar-refractivity contribution in [3.05, 3.63) is 65.4 Å². The van der Waals surface area contributed by atoms with Crippen molar-refractivity contribution in [2.45, 2.75) is 12.8 Å². The third kappa shape index (κ3) is 4.31. The molecule has 2 amide bonds. The van der Waals surface area contributed by atoms with Gasteiger partial charge in [0.1, 0.15) is 18.8 Å². The van der Waals surface area contributed by atoms with Crippen molar-refractivity contribution in [2.24, 2.45) is 0 Å². The first kappa shape index (κ1) is 21.1. The summed E-state index contributed by atoms with van der Waals surface area (Å²) < 4.78 is 16.9. The summed E-state index contributed by atoms with van der Waals surface area (Å²) in [6.07, 6.45) is 3.30. The average Bonchev–Trinajstić information content (AvgIpc) is 3.27. The van der Waals surface area contributed by atoms with Gasteiger partial charge in [-0.05, 0) is 53.5 Å². The van der Waals surface area contributed by atoms with Gasteiger partial charge in [0.15, 0.2) is 17.3 Å². The topological polar surface area (TPSA) is 72.2 Å². The number of hydrogen-bond donors (Lipinski definition) is 0. The van der Waals surface area contributed by atoms with Gasteiger partial charge in [0.05, 0.1) is 6.42 Å². The van der Waals surface area contributed by atoms with Gasteiger partial charge in [0, 0.05) is 32.6 Å². The van der Waals surface area contributed by atoms with E-state index in [1.54, 1.807) is 20.2 Å². The molecule has 2 aliphatic heterocycles. The fourth-order valence-electron chi connectivity index (χ4n) is 4.22. The highest BCUT2D eigenvalue weighted by molar-refractivity contribution is 5.96. The highest BCUT2D eigenvalue weighted by Crippen LogP contribution is 2.31. The van der Waals surface area contributed by atoms with Gasteiger partial charge in [-0.25, -0.2) is 0 Å². The van der Waals surface area contributed by atoms with E-state index in [2.05, 4.69) is 6.08 Å². The van der Waals surface area contributed by atoms with Crippen molar-refractivity contribution in [3.63, 3.8) is 0 Å². The maximum absolute atomic E-state index is 13.0. The number of rotatable bonds is 4. The molecule has 7 heteroatoms. The van der Waals surface area contributed by atoms with Gasteiger partial charge in [-0.15, -0.1) is 0 Å². The van der Waals surface area contributed by atoms with Crippen LogP contribution in [0.25, 0.3) is 16.5 Å². The van der Waals surface area contributed by atoms with Crippen LogP contribution < -0.4 is 9.47 Å². The standard InChI is InChI=1S/C26H26N2O5/c1-27(2)26(30)24-15-20-14-18(6-8-21(20)33-24)19-4-3-9-28(16-19)25(29)13-17-5-7-22-23(12-17)32-11-10-31-22/h4-8,12,14-15H,3,9-11,13,16H2,1-2H3. The average molecular weight is 447 g/mol. The minimum Gasteiger partial charge on any atom is -0.486 e. The summed E-state index contributed by atoms with van der Waals surface area (Å²) >= 11 is 0. The monoisotopic (exact) mass is 446 g/mol. The number of hydrogen-bond acceptors (Lipinski definition) is 5. The number of nitrogens with zero attached hydrogens (tertiary/aromatic N) is 2. The third-order valence-corrected chi connectivity index (χ3v) is 5.97. The first-order valence-electron chi connectivity index (χ1n) is 11.1. The lowest BCUT2D eigenvalue weighted by Crippen LogP contribution is -2.36. The molecule has 0 saturated carbocycles. The summed E-state index contributed by atoms with van der Waals surface area (Å²) in [6.45, 7) is 2.32. The van der Waals surface area contributed by atoms with E-state index in [9.17, 15) is 9.59 Å². The Balaban J connectivity index is 1.30. The van der Waals surface area contributed by atoms with Crippen LogP contribution in [-0.2, 0) is 11.2 Å².